The second-order valence-corrected chi connectivity index (χ2v) is 4.24. The van der Waals surface area contributed by atoms with Crippen molar-refractivity contribution in [3.63, 3.8) is 0 Å². The van der Waals surface area contributed by atoms with Gasteiger partial charge in [0.25, 0.3) is 0 Å². The summed E-state index contributed by atoms with van der Waals surface area (Å²) in [5, 5.41) is 12.4. The van der Waals surface area contributed by atoms with E-state index < -0.39 is 0 Å². The van der Waals surface area contributed by atoms with Crippen molar-refractivity contribution in [3.05, 3.63) is 11.8 Å². The lowest BCUT2D eigenvalue weighted by Gasteiger charge is -2.31. The quantitative estimate of drug-likeness (QED) is 0.432. The third-order valence-electron chi connectivity index (χ3n) is 2.87. The molecule has 1 aliphatic carbocycles. The number of nitrogens with one attached hydrogen (secondary N) is 2. The molecule has 0 unspecified atom stereocenters. The zero-order valence-electron chi connectivity index (χ0n) is 9.27. The highest BCUT2D eigenvalue weighted by Crippen LogP contribution is 2.27. The molecule has 16 heavy (non-hydrogen) atoms. The highest BCUT2D eigenvalue weighted by molar-refractivity contribution is 5.46. The van der Waals surface area contributed by atoms with E-state index in [-0.39, 0.29) is 6.10 Å². The van der Waals surface area contributed by atoms with Crippen LogP contribution in [0, 0.1) is 12.8 Å². The minimum Gasteiger partial charge on any atom is -0.393 e. The summed E-state index contributed by atoms with van der Waals surface area (Å²) in [5.74, 6) is 6.98. The number of nitrogens with zero attached hydrogens (tertiary/aromatic N) is 2. The fourth-order valence-corrected chi connectivity index (χ4v) is 1.80. The molecule has 6 heteroatoms. The van der Waals surface area contributed by atoms with Gasteiger partial charge in [0, 0.05) is 18.3 Å². The molecule has 0 aromatic carbocycles. The Morgan fingerprint density at radius 3 is 2.94 bits per heavy atom. The van der Waals surface area contributed by atoms with Gasteiger partial charge in [-0.3, -0.25) is 5.43 Å². The van der Waals surface area contributed by atoms with E-state index in [0.717, 1.165) is 30.8 Å². The van der Waals surface area contributed by atoms with Crippen LogP contribution in [0.25, 0.3) is 0 Å². The second kappa shape index (κ2) is 4.63. The summed E-state index contributed by atoms with van der Waals surface area (Å²) in [7, 11) is 0. The topological polar surface area (TPSA) is 96.1 Å². The predicted molar refractivity (Wildman–Crippen MR) is 61.8 cm³/mol. The van der Waals surface area contributed by atoms with Crippen molar-refractivity contribution in [2.24, 2.45) is 11.8 Å². The van der Waals surface area contributed by atoms with Crippen molar-refractivity contribution < 1.29 is 5.11 Å². The molecule has 0 aliphatic heterocycles. The van der Waals surface area contributed by atoms with Gasteiger partial charge in [0.2, 0.25) is 5.95 Å². The van der Waals surface area contributed by atoms with Gasteiger partial charge in [-0.05, 0) is 25.7 Å². The van der Waals surface area contributed by atoms with Crippen molar-refractivity contribution in [2.75, 3.05) is 17.3 Å². The smallest absolute Gasteiger partial charge is 0.239 e. The number of anilines is 2. The summed E-state index contributed by atoms with van der Waals surface area (Å²) in [4.78, 5) is 8.22. The molecular formula is C10H17N5O. The van der Waals surface area contributed by atoms with Crippen LogP contribution in [0.3, 0.4) is 0 Å². The van der Waals surface area contributed by atoms with Crippen LogP contribution in [-0.2, 0) is 0 Å². The van der Waals surface area contributed by atoms with Crippen LogP contribution in [-0.4, -0.2) is 27.7 Å². The lowest BCUT2D eigenvalue weighted by Crippen LogP contribution is -2.33. The number of aliphatic hydroxyl groups excluding tert-OH is 1. The maximum absolute atomic E-state index is 9.17. The summed E-state index contributed by atoms with van der Waals surface area (Å²) in [5.41, 5.74) is 3.40. The molecule has 0 bridgehead atoms. The summed E-state index contributed by atoms with van der Waals surface area (Å²) < 4.78 is 0. The molecule has 1 fully saturated rings. The van der Waals surface area contributed by atoms with Gasteiger partial charge in [0.1, 0.15) is 5.82 Å². The van der Waals surface area contributed by atoms with Gasteiger partial charge in [-0.1, -0.05) is 0 Å². The summed E-state index contributed by atoms with van der Waals surface area (Å²) in [6, 6.07) is 0. The lowest BCUT2D eigenvalue weighted by molar-refractivity contribution is 0.0486. The molecule has 0 saturated heterocycles. The number of hydrogen-bond acceptors (Lipinski definition) is 6. The van der Waals surface area contributed by atoms with Gasteiger partial charge in [-0.25, -0.2) is 10.8 Å². The van der Waals surface area contributed by atoms with Crippen LogP contribution >= 0.6 is 0 Å². The van der Waals surface area contributed by atoms with E-state index in [4.69, 9.17) is 5.84 Å². The van der Waals surface area contributed by atoms with Crippen LogP contribution in [0.15, 0.2) is 6.20 Å². The van der Waals surface area contributed by atoms with E-state index >= 15 is 0 Å². The number of aromatic nitrogens is 2. The first kappa shape index (κ1) is 11.1. The number of hydrazine groups is 1. The Kier molecular flexibility index (Phi) is 3.21. The molecule has 0 radical (unpaired) electrons. The Balaban J connectivity index is 1.92. The van der Waals surface area contributed by atoms with Gasteiger partial charge in [-0.2, -0.15) is 4.98 Å². The maximum Gasteiger partial charge on any atom is 0.239 e. The Morgan fingerprint density at radius 2 is 2.31 bits per heavy atom. The first-order valence-corrected chi connectivity index (χ1v) is 5.41. The van der Waals surface area contributed by atoms with Crippen molar-refractivity contribution in [1.29, 1.82) is 0 Å². The average molecular weight is 223 g/mol. The van der Waals surface area contributed by atoms with Gasteiger partial charge < -0.3 is 10.4 Å². The fourth-order valence-electron chi connectivity index (χ4n) is 1.80. The third kappa shape index (κ3) is 2.40. The van der Waals surface area contributed by atoms with Crippen LogP contribution < -0.4 is 16.6 Å². The van der Waals surface area contributed by atoms with Crippen LogP contribution in [0.5, 0.6) is 0 Å². The van der Waals surface area contributed by atoms with E-state index in [9.17, 15) is 5.11 Å². The molecule has 0 atom stereocenters. The van der Waals surface area contributed by atoms with Gasteiger partial charge >= 0.3 is 0 Å². The Labute approximate surface area is 94.3 Å². The first-order chi connectivity index (χ1) is 7.69. The van der Waals surface area contributed by atoms with Crippen molar-refractivity contribution in [3.8, 4) is 0 Å². The van der Waals surface area contributed by atoms with Crippen LogP contribution in [0.1, 0.15) is 18.4 Å². The van der Waals surface area contributed by atoms with E-state index in [0.29, 0.717) is 11.9 Å². The monoisotopic (exact) mass is 223 g/mol. The SMILES string of the molecule is Cc1cnc(NN)nc1NCC1CC(O)C1. The highest BCUT2D eigenvalue weighted by atomic mass is 16.3. The molecule has 1 saturated carbocycles. The zero-order valence-corrected chi connectivity index (χ0v) is 9.27. The van der Waals surface area contributed by atoms with Crippen molar-refractivity contribution >= 4 is 11.8 Å². The summed E-state index contributed by atoms with van der Waals surface area (Å²) in [6.45, 7) is 2.77. The zero-order chi connectivity index (χ0) is 11.5. The first-order valence-electron chi connectivity index (χ1n) is 5.41. The van der Waals surface area contributed by atoms with Crippen molar-refractivity contribution in [2.45, 2.75) is 25.9 Å². The summed E-state index contributed by atoms with van der Waals surface area (Å²) in [6.07, 6.45) is 3.36. The molecule has 1 aromatic heterocycles. The van der Waals surface area contributed by atoms with E-state index in [2.05, 4.69) is 20.7 Å². The molecule has 6 nitrogen and oxygen atoms in total. The standard InChI is InChI=1S/C10H17N5O/c1-6-4-13-10(15-11)14-9(6)12-5-7-2-8(16)3-7/h4,7-8,16H,2-3,5,11H2,1H3,(H2,12,13,14,15). The van der Waals surface area contributed by atoms with E-state index in [1.807, 2.05) is 6.92 Å². The minimum absolute atomic E-state index is 0.112. The molecule has 5 N–H and O–H groups in total. The molecule has 1 aromatic rings. The number of aliphatic hydroxyl groups is 1. The van der Waals surface area contributed by atoms with E-state index in [1.165, 1.54) is 0 Å². The third-order valence-corrected chi connectivity index (χ3v) is 2.87. The number of hydrogen-bond donors (Lipinski definition) is 4. The normalized spacial score (nSPS) is 23.7. The Bertz CT molecular complexity index is 364. The highest BCUT2D eigenvalue weighted by Gasteiger charge is 2.26. The largest absolute Gasteiger partial charge is 0.393 e. The van der Waals surface area contributed by atoms with Gasteiger partial charge in [-0.15, -0.1) is 0 Å². The number of nitrogen functional groups attached to an aromatic ring is 1. The number of aryl methyl sites for hydroxylation is 1. The fraction of sp³-hybridized carbons (Fsp3) is 0.600. The minimum atomic E-state index is -0.112. The summed E-state index contributed by atoms with van der Waals surface area (Å²) >= 11 is 0. The molecular weight excluding hydrogens is 206 g/mol. The Morgan fingerprint density at radius 1 is 1.56 bits per heavy atom. The number of rotatable bonds is 4. The Hall–Kier alpha value is -1.40. The lowest BCUT2D eigenvalue weighted by atomic mass is 9.82. The van der Waals surface area contributed by atoms with E-state index in [1.54, 1.807) is 6.20 Å². The average Bonchev–Trinajstić information content (AvgIpc) is 2.25. The van der Waals surface area contributed by atoms with Gasteiger partial charge in [0.05, 0.1) is 6.10 Å². The molecule has 1 aliphatic rings. The molecule has 88 valence electrons. The molecule has 0 amide bonds. The number of nitrogens with two attached hydrogens (primary N) is 1. The molecule has 2 rings (SSSR count). The molecule has 0 spiro atoms. The molecule has 1 heterocycles. The van der Waals surface area contributed by atoms with Gasteiger partial charge in [0.15, 0.2) is 0 Å². The predicted octanol–water partition coefficient (Wildman–Crippen LogP) is 0.253. The van der Waals surface area contributed by atoms with Crippen LogP contribution in [0.2, 0.25) is 0 Å². The van der Waals surface area contributed by atoms with Crippen molar-refractivity contribution in [1.82, 2.24) is 9.97 Å². The van der Waals surface area contributed by atoms with Crippen LogP contribution in [0.4, 0.5) is 11.8 Å². The maximum atomic E-state index is 9.17. The second-order valence-electron chi connectivity index (χ2n) is 4.24.